The number of ether oxygens (including phenoxy) is 1. The number of carbonyl (C=O) groups is 3. The van der Waals surface area contributed by atoms with Crippen LogP contribution in [0.15, 0.2) is 30.1 Å². The monoisotopic (exact) mass is 440 g/mol. The number of aliphatic hydroxyl groups excluding tert-OH is 1. The molecule has 2 N–H and O–H groups in total. The Labute approximate surface area is 186 Å². The lowest BCUT2D eigenvalue weighted by Gasteiger charge is -2.25. The van der Waals surface area contributed by atoms with Crippen LogP contribution in [0.1, 0.15) is 45.3 Å². The normalized spacial score (nSPS) is 17.9. The Morgan fingerprint density at radius 3 is 2.62 bits per heavy atom. The van der Waals surface area contributed by atoms with Crippen molar-refractivity contribution in [2.75, 3.05) is 34.3 Å². The largest absolute Gasteiger partial charge is 0.507 e. The van der Waals surface area contributed by atoms with Crippen molar-refractivity contribution >= 4 is 23.4 Å². The summed E-state index contributed by atoms with van der Waals surface area (Å²) in [6.07, 6.45) is 3.84. The second kappa shape index (κ2) is 9.35. The van der Waals surface area contributed by atoms with Crippen molar-refractivity contribution in [1.29, 1.82) is 0 Å². The van der Waals surface area contributed by atoms with Crippen LogP contribution in [-0.2, 0) is 14.3 Å². The van der Waals surface area contributed by atoms with E-state index in [1.54, 1.807) is 38.4 Å². The van der Waals surface area contributed by atoms with Gasteiger partial charge < -0.3 is 24.6 Å². The van der Waals surface area contributed by atoms with Crippen molar-refractivity contribution in [3.63, 3.8) is 0 Å². The van der Waals surface area contributed by atoms with E-state index in [1.807, 2.05) is 19.0 Å². The molecular formula is C23H28N4O5. The second-order valence-electron chi connectivity index (χ2n) is 8.05. The molecule has 9 nitrogen and oxygen atoms in total. The van der Waals surface area contributed by atoms with Crippen LogP contribution in [0.3, 0.4) is 0 Å². The summed E-state index contributed by atoms with van der Waals surface area (Å²) in [4.78, 5) is 48.6. The number of carbonyl (C=O) groups excluding carboxylic acids is 3. The highest BCUT2D eigenvalue weighted by atomic mass is 16.5. The zero-order valence-corrected chi connectivity index (χ0v) is 18.9. The number of rotatable bonds is 7. The molecule has 0 spiro atoms. The fourth-order valence-corrected chi connectivity index (χ4v) is 4.10. The molecule has 2 aromatic rings. The Morgan fingerprint density at radius 2 is 2.03 bits per heavy atom. The molecule has 1 aliphatic heterocycles. The molecule has 3 rings (SSSR count). The first-order valence-electron chi connectivity index (χ1n) is 10.3. The van der Waals surface area contributed by atoms with Gasteiger partial charge in [-0.1, -0.05) is 6.07 Å². The Kier molecular flexibility index (Phi) is 6.78. The number of nitrogens with one attached hydrogen (secondary N) is 1. The lowest BCUT2D eigenvalue weighted by Crippen LogP contribution is -2.32. The summed E-state index contributed by atoms with van der Waals surface area (Å²) < 4.78 is 4.79. The Morgan fingerprint density at radius 1 is 1.31 bits per heavy atom. The highest BCUT2D eigenvalue weighted by Crippen LogP contribution is 2.40. The van der Waals surface area contributed by atoms with Gasteiger partial charge in [-0.25, -0.2) is 4.79 Å². The first kappa shape index (κ1) is 23.2. The highest BCUT2D eigenvalue weighted by Gasteiger charge is 2.46. The number of nitrogens with zero attached hydrogens (tertiary/aromatic N) is 3. The molecule has 0 aromatic carbocycles. The Bertz CT molecular complexity index is 1070. The number of aryl methyl sites for hydroxylation is 1. The van der Waals surface area contributed by atoms with Crippen LogP contribution in [0, 0.1) is 13.8 Å². The smallest absolute Gasteiger partial charge is 0.354 e. The maximum Gasteiger partial charge on any atom is 0.354 e. The summed E-state index contributed by atoms with van der Waals surface area (Å²) in [6.45, 7) is 4.41. The molecular weight excluding hydrogens is 412 g/mol. The van der Waals surface area contributed by atoms with Crippen LogP contribution in [0.4, 0.5) is 0 Å². The van der Waals surface area contributed by atoms with Crippen LogP contribution in [0.25, 0.3) is 5.76 Å². The predicted octanol–water partition coefficient (Wildman–Crippen LogP) is 2.19. The molecule has 0 bridgehead atoms. The summed E-state index contributed by atoms with van der Waals surface area (Å²) in [5.41, 5.74) is 2.03. The highest BCUT2D eigenvalue weighted by molar-refractivity contribution is 6.46. The number of aliphatic hydroxyl groups is 1. The molecule has 3 heterocycles. The summed E-state index contributed by atoms with van der Waals surface area (Å²) in [7, 11) is 5.13. The van der Waals surface area contributed by atoms with Gasteiger partial charge in [-0.3, -0.25) is 14.6 Å². The topological polar surface area (TPSA) is 116 Å². The number of esters is 1. The number of pyridine rings is 1. The molecule has 1 amide bonds. The van der Waals surface area contributed by atoms with Crippen molar-refractivity contribution in [2.24, 2.45) is 0 Å². The molecule has 0 saturated carbocycles. The quantitative estimate of drug-likeness (QED) is 0.293. The van der Waals surface area contributed by atoms with E-state index in [4.69, 9.17) is 4.74 Å². The number of aromatic amines is 1. The van der Waals surface area contributed by atoms with E-state index in [-0.39, 0.29) is 17.0 Å². The lowest BCUT2D eigenvalue weighted by molar-refractivity contribution is -0.139. The van der Waals surface area contributed by atoms with Gasteiger partial charge in [-0.2, -0.15) is 0 Å². The molecule has 0 unspecified atom stereocenters. The molecule has 0 radical (unpaired) electrons. The van der Waals surface area contributed by atoms with Gasteiger partial charge in [0.2, 0.25) is 0 Å². The lowest BCUT2D eigenvalue weighted by atomic mass is 9.95. The number of H-pyrrole nitrogens is 1. The zero-order valence-electron chi connectivity index (χ0n) is 18.9. The summed E-state index contributed by atoms with van der Waals surface area (Å²) in [6, 6.07) is 2.71. The van der Waals surface area contributed by atoms with Gasteiger partial charge in [0.05, 0.1) is 18.7 Å². The third kappa shape index (κ3) is 4.16. The van der Waals surface area contributed by atoms with E-state index < -0.39 is 23.7 Å². The fourth-order valence-electron chi connectivity index (χ4n) is 4.10. The van der Waals surface area contributed by atoms with E-state index in [0.717, 1.165) is 6.54 Å². The summed E-state index contributed by atoms with van der Waals surface area (Å²) in [5.74, 6) is -2.34. The van der Waals surface area contributed by atoms with Crippen LogP contribution in [-0.4, -0.2) is 76.8 Å². The third-order valence-electron chi connectivity index (χ3n) is 5.61. The minimum absolute atomic E-state index is 0.0190. The van der Waals surface area contributed by atoms with Crippen LogP contribution in [0.2, 0.25) is 0 Å². The number of amides is 1. The van der Waals surface area contributed by atoms with Gasteiger partial charge in [0, 0.05) is 30.2 Å². The first-order valence-corrected chi connectivity index (χ1v) is 10.3. The van der Waals surface area contributed by atoms with Gasteiger partial charge >= 0.3 is 5.97 Å². The molecule has 2 aromatic heterocycles. The molecule has 1 atom stereocenters. The SMILES string of the molecule is COC(=O)c1[nH]c(C)c(/C(O)=C2\C(=O)C(=O)N(CCCN(C)C)[C@@H]2c2cccnc2)c1C. The molecule has 1 fully saturated rings. The average molecular weight is 441 g/mol. The standard InChI is InChI=1S/C23H28N4O5/c1-13-16(14(2)25-18(13)23(31)32-5)20(28)17-19(15-8-6-9-24-12-15)27(22(30)21(17)29)11-7-10-26(3)4/h6,8-9,12,19,25,28H,7,10-11H2,1-5H3/b20-17+/t19-/m1/s1. The van der Waals surface area contributed by atoms with E-state index in [9.17, 15) is 19.5 Å². The fraction of sp³-hybridized carbons (Fsp3) is 0.391. The molecule has 170 valence electrons. The predicted molar refractivity (Wildman–Crippen MR) is 118 cm³/mol. The summed E-state index contributed by atoms with van der Waals surface area (Å²) in [5, 5.41) is 11.3. The number of aromatic nitrogens is 2. The van der Waals surface area contributed by atoms with Gasteiger partial charge in [-0.15, -0.1) is 0 Å². The van der Waals surface area contributed by atoms with E-state index in [0.29, 0.717) is 35.3 Å². The van der Waals surface area contributed by atoms with Gasteiger partial charge in [0.25, 0.3) is 11.7 Å². The maximum atomic E-state index is 13.1. The maximum absolute atomic E-state index is 13.1. The average Bonchev–Trinajstić information content (AvgIpc) is 3.20. The van der Waals surface area contributed by atoms with Crippen LogP contribution < -0.4 is 0 Å². The van der Waals surface area contributed by atoms with E-state index >= 15 is 0 Å². The number of ketones is 1. The van der Waals surface area contributed by atoms with Crippen molar-refractivity contribution in [3.8, 4) is 0 Å². The molecule has 0 aliphatic carbocycles. The minimum Gasteiger partial charge on any atom is -0.507 e. The van der Waals surface area contributed by atoms with Crippen molar-refractivity contribution in [2.45, 2.75) is 26.3 Å². The summed E-state index contributed by atoms with van der Waals surface area (Å²) >= 11 is 0. The number of hydrogen-bond donors (Lipinski definition) is 2. The molecule has 9 heteroatoms. The van der Waals surface area contributed by atoms with Crippen molar-refractivity contribution in [1.82, 2.24) is 19.8 Å². The number of likely N-dealkylation sites (tertiary alicyclic amines) is 1. The van der Waals surface area contributed by atoms with Crippen LogP contribution in [0.5, 0.6) is 0 Å². The van der Waals surface area contributed by atoms with Crippen molar-refractivity contribution in [3.05, 3.63) is 58.2 Å². The van der Waals surface area contributed by atoms with E-state index in [1.165, 1.54) is 12.0 Å². The van der Waals surface area contributed by atoms with Gasteiger partial charge in [0.15, 0.2) is 0 Å². The first-order chi connectivity index (χ1) is 15.2. The minimum atomic E-state index is -0.777. The number of methoxy groups -OCH3 is 1. The Balaban J connectivity index is 2.15. The van der Waals surface area contributed by atoms with Gasteiger partial charge in [0.1, 0.15) is 11.5 Å². The van der Waals surface area contributed by atoms with Crippen LogP contribution >= 0.6 is 0 Å². The van der Waals surface area contributed by atoms with Gasteiger partial charge in [-0.05, 0) is 58.1 Å². The number of hydrogen-bond acceptors (Lipinski definition) is 7. The van der Waals surface area contributed by atoms with E-state index in [2.05, 4.69) is 9.97 Å². The molecule has 1 aliphatic rings. The zero-order chi connectivity index (χ0) is 23.6. The third-order valence-corrected chi connectivity index (χ3v) is 5.61. The van der Waals surface area contributed by atoms with Crippen molar-refractivity contribution < 1.29 is 24.2 Å². The Hall–Kier alpha value is -3.46. The molecule has 32 heavy (non-hydrogen) atoms. The molecule has 1 saturated heterocycles. The number of Topliss-reactive ketones (excluding diaryl/α,β-unsaturated/α-hetero) is 1. The second-order valence-corrected chi connectivity index (χ2v) is 8.05.